The molecule has 0 bridgehead atoms. The molecule has 2 aromatic carbocycles. The molecular formula is C20H22N2O4S. The van der Waals surface area contributed by atoms with Crippen LogP contribution in [0.5, 0.6) is 0 Å². The molecule has 1 aliphatic rings. The van der Waals surface area contributed by atoms with Crippen LogP contribution in [0.25, 0.3) is 0 Å². The first-order chi connectivity index (χ1) is 12.9. The summed E-state index contributed by atoms with van der Waals surface area (Å²) in [5.41, 5.74) is 2.66. The maximum Gasteiger partial charge on any atom is 0.255 e. The Bertz CT molecular complexity index is 952. The maximum atomic E-state index is 12.4. The Hall–Kier alpha value is -2.67. The fourth-order valence-corrected chi connectivity index (χ4v) is 4.77. The van der Waals surface area contributed by atoms with Gasteiger partial charge in [-0.2, -0.15) is 0 Å². The summed E-state index contributed by atoms with van der Waals surface area (Å²) in [6, 6.07) is 13.6. The van der Waals surface area contributed by atoms with Crippen LogP contribution in [0.3, 0.4) is 0 Å². The standard InChI is InChI=1S/C20H22N2O4S/c1-2-14-5-3-4-6-18(14)22-20(24)16-9-7-15(8-10-16)19(23)21-17-11-12-27(25,26)13-17/h3-10,17H,2,11-13H2,1H3,(H,21,23)(H,22,24). The van der Waals surface area contributed by atoms with Gasteiger partial charge >= 0.3 is 0 Å². The van der Waals surface area contributed by atoms with Gasteiger partial charge < -0.3 is 10.6 Å². The molecule has 1 unspecified atom stereocenters. The summed E-state index contributed by atoms with van der Waals surface area (Å²) in [7, 11) is -3.04. The molecular weight excluding hydrogens is 364 g/mol. The van der Waals surface area contributed by atoms with Gasteiger partial charge in [0.15, 0.2) is 9.84 Å². The number of nitrogens with one attached hydrogen (secondary N) is 2. The largest absolute Gasteiger partial charge is 0.348 e. The molecule has 0 radical (unpaired) electrons. The van der Waals surface area contributed by atoms with Gasteiger partial charge in [0.25, 0.3) is 11.8 Å². The molecule has 2 aromatic rings. The highest BCUT2D eigenvalue weighted by molar-refractivity contribution is 7.91. The molecule has 2 N–H and O–H groups in total. The van der Waals surface area contributed by atoms with Crippen LogP contribution in [0.15, 0.2) is 48.5 Å². The van der Waals surface area contributed by atoms with Crippen molar-refractivity contribution >= 4 is 27.3 Å². The van der Waals surface area contributed by atoms with Crippen molar-refractivity contribution in [1.29, 1.82) is 0 Å². The minimum Gasteiger partial charge on any atom is -0.348 e. The second kappa shape index (κ2) is 7.92. The van der Waals surface area contributed by atoms with Gasteiger partial charge in [-0.15, -0.1) is 0 Å². The SMILES string of the molecule is CCc1ccccc1NC(=O)c1ccc(C(=O)NC2CCS(=O)(=O)C2)cc1. The molecule has 0 saturated carbocycles. The van der Waals surface area contributed by atoms with Gasteiger partial charge in [-0.3, -0.25) is 9.59 Å². The van der Waals surface area contributed by atoms with Gasteiger partial charge in [0.2, 0.25) is 0 Å². The number of sulfone groups is 1. The molecule has 6 nitrogen and oxygen atoms in total. The molecule has 3 rings (SSSR count). The summed E-state index contributed by atoms with van der Waals surface area (Å²) < 4.78 is 23.0. The summed E-state index contributed by atoms with van der Waals surface area (Å²) in [5, 5.41) is 5.62. The zero-order valence-electron chi connectivity index (χ0n) is 15.1. The van der Waals surface area contributed by atoms with E-state index >= 15 is 0 Å². The number of amides is 2. The maximum absolute atomic E-state index is 12.4. The van der Waals surface area contributed by atoms with Crippen molar-refractivity contribution in [3.63, 3.8) is 0 Å². The molecule has 1 atom stereocenters. The van der Waals surface area contributed by atoms with Crippen LogP contribution in [0.1, 0.15) is 39.6 Å². The van der Waals surface area contributed by atoms with Gasteiger partial charge in [-0.1, -0.05) is 25.1 Å². The number of hydrogen-bond donors (Lipinski definition) is 2. The van der Waals surface area contributed by atoms with Crippen LogP contribution in [0.4, 0.5) is 5.69 Å². The van der Waals surface area contributed by atoms with Crippen LogP contribution in [0, 0.1) is 0 Å². The van der Waals surface area contributed by atoms with E-state index in [0.29, 0.717) is 17.5 Å². The van der Waals surface area contributed by atoms with E-state index < -0.39 is 9.84 Å². The zero-order chi connectivity index (χ0) is 19.4. The molecule has 0 spiro atoms. The van der Waals surface area contributed by atoms with Crippen molar-refractivity contribution in [3.05, 3.63) is 65.2 Å². The third-order valence-corrected chi connectivity index (χ3v) is 6.39. The van der Waals surface area contributed by atoms with Crippen LogP contribution in [0.2, 0.25) is 0 Å². The topological polar surface area (TPSA) is 92.3 Å². The first-order valence-electron chi connectivity index (χ1n) is 8.88. The van der Waals surface area contributed by atoms with E-state index in [9.17, 15) is 18.0 Å². The number of benzene rings is 2. The molecule has 1 heterocycles. The van der Waals surface area contributed by atoms with E-state index in [2.05, 4.69) is 10.6 Å². The quantitative estimate of drug-likeness (QED) is 0.825. The third-order valence-electron chi connectivity index (χ3n) is 4.62. The van der Waals surface area contributed by atoms with E-state index in [1.807, 2.05) is 31.2 Å². The number of para-hydroxylation sites is 1. The molecule has 1 saturated heterocycles. The average molecular weight is 386 g/mol. The highest BCUT2D eigenvalue weighted by Crippen LogP contribution is 2.17. The molecule has 27 heavy (non-hydrogen) atoms. The lowest BCUT2D eigenvalue weighted by molar-refractivity contribution is 0.0939. The van der Waals surface area contributed by atoms with Crippen molar-refractivity contribution in [1.82, 2.24) is 5.32 Å². The van der Waals surface area contributed by atoms with Gasteiger partial charge in [0, 0.05) is 22.9 Å². The lowest BCUT2D eigenvalue weighted by atomic mass is 10.1. The number of carbonyl (C=O) groups is 2. The zero-order valence-corrected chi connectivity index (χ0v) is 15.9. The van der Waals surface area contributed by atoms with Crippen molar-refractivity contribution in [2.45, 2.75) is 25.8 Å². The third kappa shape index (κ3) is 4.74. The van der Waals surface area contributed by atoms with Crippen LogP contribution < -0.4 is 10.6 Å². The number of anilines is 1. The molecule has 1 fully saturated rings. The summed E-state index contributed by atoms with van der Waals surface area (Å²) >= 11 is 0. The molecule has 142 valence electrons. The predicted octanol–water partition coefficient (Wildman–Crippen LogP) is 2.42. The van der Waals surface area contributed by atoms with Gasteiger partial charge in [0.05, 0.1) is 11.5 Å². The van der Waals surface area contributed by atoms with Crippen molar-refractivity contribution in [3.8, 4) is 0 Å². The number of rotatable bonds is 5. The molecule has 2 amide bonds. The van der Waals surface area contributed by atoms with E-state index in [-0.39, 0.29) is 29.4 Å². The van der Waals surface area contributed by atoms with Gasteiger partial charge in [-0.05, 0) is 48.7 Å². The average Bonchev–Trinajstić information content (AvgIpc) is 3.00. The Kier molecular flexibility index (Phi) is 5.60. The fraction of sp³-hybridized carbons (Fsp3) is 0.300. The van der Waals surface area contributed by atoms with E-state index in [1.165, 1.54) is 0 Å². The Morgan fingerprint density at radius 1 is 1.00 bits per heavy atom. The monoisotopic (exact) mass is 386 g/mol. The summed E-state index contributed by atoms with van der Waals surface area (Å²) in [4.78, 5) is 24.7. The van der Waals surface area contributed by atoms with E-state index in [0.717, 1.165) is 17.7 Å². The Balaban J connectivity index is 1.64. The second-order valence-corrected chi connectivity index (χ2v) is 8.84. The molecule has 1 aliphatic heterocycles. The Morgan fingerprint density at radius 3 is 2.22 bits per heavy atom. The summed E-state index contributed by atoms with van der Waals surface area (Å²) in [6.45, 7) is 2.02. The van der Waals surface area contributed by atoms with Crippen molar-refractivity contribution in [2.24, 2.45) is 0 Å². The number of aryl methyl sites for hydroxylation is 1. The highest BCUT2D eigenvalue weighted by Gasteiger charge is 2.29. The minimum atomic E-state index is -3.04. The van der Waals surface area contributed by atoms with Gasteiger partial charge in [-0.25, -0.2) is 8.42 Å². The van der Waals surface area contributed by atoms with Crippen molar-refractivity contribution < 1.29 is 18.0 Å². The first kappa shape index (κ1) is 19.1. The highest BCUT2D eigenvalue weighted by atomic mass is 32.2. The second-order valence-electron chi connectivity index (χ2n) is 6.62. The van der Waals surface area contributed by atoms with Crippen LogP contribution in [-0.4, -0.2) is 37.8 Å². The minimum absolute atomic E-state index is 0.0178. The Labute approximate surface area is 158 Å². The lowest BCUT2D eigenvalue weighted by Crippen LogP contribution is -2.35. The van der Waals surface area contributed by atoms with Gasteiger partial charge in [0.1, 0.15) is 0 Å². The fourth-order valence-electron chi connectivity index (χ4n) is 3.10. The molecule has 7 heteroatoms. The number of carbonyl (C=O) groups excluding carboxylic acids is 2. The summed E-state index contributed by atoms with van der Waals surface area (Å²) in [6.07, 6.45) is 1.25. The van der Waals surface area contributed by atoms with Crippen molar-refractivity contribution in [2.75, 3.05) is 16.8 Å². The molecule has 0 aromatic heterocycles. The van der Waals surface area contributed by atoms with E-state index in [4.69, 9.17) is 0 Å². The lowest BCUT2D eigenvalue weighted by Gasteiger charge is -2.12. The number of hydrogen-bond acceptors (Lipinski definition) is 4. The van der Waals surface area contributed by atoms with Crippen LogP contribution in [-0.2, 0) is 16.3 Å². The predicted molar refractivity (Wildman–Crippen MR) is 105 cm³/mol. The Morgan fingerprint density at radius 2 is 1.63 bits per heavy atom. The summed E-state index contributed by atoms with van der Waals surface area (Å²) in [5.74, 6) is -0.489. The first-order valence-corrected chi connectivity index (χ1v) is 10.7. The smallest absolute Gasteiger partial charge is 0.255 e. The molecule has 0 aliphatic carbocycles. The van der Waals surface area contributed by atoms with Crippen LogP contribution >= 0.6 is 0 Å². The van der Waals surface area contributed by atoms with E-state index in [1.54, 1.807) is 24.3 Å². The normalized spacial score (nSPS) is 18.0.